The van der Waals surface area contributed by atoms with E-state index in [1.54, 1.807) is 32.0 Å². The number of benzene rings is 2. The van der Waals surface area contributed by atoms with Crippen molar-refractivity contribution in [1.29, 1.82) is 5.26 Å². The summed E-state index contributed by atoms with van der Waals surface area (Å²) in [7, 11) is 0. The van der Waals surface area contributed by atoms with Crippen LogP contribution in [0.2, 0.25) is 0 Å². The molecule has 0 saturated heterocycles. The number of nitrogens with zero attached hydrogens (tertiary/aromatic N) is 1. The van der Waals surface area contributed by atoms with Crippen LogP contribution in [-0.2, 0) is 9.53 Å². The smallest absolute Gasteiger partial charge is 0.338 e. The molecule has 24 heavy (non-hydrogen) atoms. The largest absolute Gasteiger partial charge is 0.459 e. The summed E-state index contributed by atoms with van der Waals surface area (Å²) < 4.78 is 5.15. The van der Waals surface area contributed by atoms with Crippen molar-refractivity contribution < 1.29 is 14.3 Å². The van der Waals surface area contributed by atoms with Gasteiger partial charge in [-0.2, -0.15) is 5.26 Å². The molecular weight excluding hydrogens is 304 g/mol. The van der Waals surface area contributed by atoms with E-state index in [1.165, 1.54) is 0 Å². The monoisotopic (exact) mass is 322 g/mol. The van der Waals surface area contributed by atoms with Gasteiger partial charge in [0.2, 0.25) is 5.91 Å². The molecule has 2 aromatic rings. The van der Waals surface area contributed by atoms with Gasteiger partial charge in [0.1, 0.15) is 6.42 Å². The van der Waals surface area contributed by atoms with E-state index in [4.69, 9.17) is 10.00 Å². The topological polar surface area (TPSA) is 79.2 Å². The predicted molar refractivity (Wildman–Crippen MR) is 91.3 cm³/mol. The molecule has 1 amide bonds. The van der Waals surface area contributed by atoms with E-state index in [0.29, 0.717) is 11.3 Å². The molecule has 5 heteroatoms. The number of rotatable bonds is 5. The zero-order chi connectivity index (χ0) is 17.5. The van der Waals surface area contributed by atoms with Crippen LogP contribution < -0.4 is 5.32 Å². The molecule has 2 aromatic carbocycles. The number of nitriles is 1. The summed E-state index contributed by atoms with van der Waals surface area (Å²) in [5.41, 5.74) is 2.92. The van der Waals surface area contributed by atoms with Crippen molar-refractivity contribution in [3.05, 3.63) is 54.1 Å². The number of hydrogen-bond acceptors (Lipinski definition) is 4. The number of carbonyl (C=O) groups excluding carboxylic acids is 2. The van der Waals surface area contributed by atoms with E-state index in [2.05, 4.69) is 5.32 Å². The van der Waals surface area contributed by atoms with Crippen molar-refractivity contribution in [3.8, 4) is 17.2 Å². The molecule has 0 atom stereocenters. The SMILES string of the molecule is CC(C)OC(=O)c1ccc(-c2cccc(NC(=O)CC#N)c2)cc1. The summed E-state index contributed by atoms with van der Waals surface area (Å²) in [6.45, 7) is 3.61. The number of nitrogens with one attached hydrogen (secondary N) is 1. The van der Waals surface area contributed by atoms with Gasteiger partial charge in [-0.3, -0.25) is 4.79 Å². The van der Waals surface area contributed by atoms with Crippen LogP contribution in [0.3, 0.4) is 0 Å². The van der Waals surface area contributed by atoms with Gasteiger partial charge >= 0.3 is 5.97 Å². The molecule has 1 N–H and O–H groups in total. The van der Waals surface area contributed by atoms with Gasteiger partial charge in [-0.1, -0.05) is 24.3 Å². The molecule has 0 spiro atoms. The molecule has 0 aliphatic carbocycles. The first-order valence-corrected chi connectivity index (χ1v) is 7.58. The molecule has 0 aliphatic heterocycles. The van der Waals surface area contributed by atoms with Crippen LogP contribution in [0.15, 0.2) is 48.5 Å². The van der Waals surface area contributed by atoms with Crippen LogP contribution in [0.25, 0.3) is 11.1 Å². The normalized spacial score (nSPS) is 10.1. The molecule has 122 valence electrons. The van der Waals surface area contributed by atoms with Gasteiger partial charge in [0.25, 0.3) is 0 Å². The van der Waals surface area contributed by atoms with Gasteiger partial charge < -0.3 is 10.1 Å². The van der Waals surface area contributed by atoms with Crippen LogP contribution >= 0.6 is 0 Å². The molecule has 0 fully saturated rings. The predicted octanol–water partition coefficient (Wildman–Crippen LogP) is 3.77. The Kier molecular flexibility index (Phi) is 5.69. The van der Waals surface area contributed by atoms with Gasteiger partial charge in [-0.05, 0) is 49.2 Å². The second-order valence-electron chi connectivity index (χ2n) is 5.50. The Labute approximate surface area is 140 Å². The number of ether oxygens (including phenoxy) is 1. The summed E-state index contributed by atoms with van der Waals surface area (Å²) in [6.07, 6.45) is -0.345. The van der Waals surface area contributed by atoms with E-state index in [-0.39, 0.29) is 24.4 Å². The minimum absolute atomic E-state index is 0.161. The van der Waals surface area contributed by atoms with Crippen LogP contribution in [0.1, 0.15) is 30.6 Å². The molecule has 0 bridgehead atoms. The Morgan fingerprint density at radius 1 is 1.12 bits per heavy atom. The number of esters is 1. The summed E-state index contributed by atoms with van der Waals surface area (Å²) in [6, 6.07) is 16.2. The third-order valence-electron chi connectivity index (χ3n) is 3.18. The fourth-order valence-corrected chi connectivity index (χ4v) is 2.13. The van der Waals surface area contributed by atoms with Crippen LogP contribution in [-0.4, -0.2) is 18.0 Å². The molecule has 0 saturated carbocycles. The number of anilines is 1. The number of carbonyl (C=O) groups is 2. The second-order valence-corrected chi connectivity index (χ2v) is 5.50. The molecule has 0 unspecified atom stereocenters. The lowest BCUT2D eigenvalue weighted by Crippen LogP contribution is -2.11. The molecule has 0 heterocycles. The zero-order valence-corrected chi connectivity index (χ0v) is 13.6. The average molecular weight is 322 g/mol. The van der Waals surface area contributed by atoms with Crippen molar-refractivity contribution in [2.75, 3.05) is 5.32 Å². The maximum Gasteiger partial charge on any atom is 0.338 e. The van der Waals surface area contributed by atoms with Gasteiger partial charge in [0.05, 0.1) is 17.7 Å². The molecular formula is C19H18N2O3. The second kappa shape index (κ2) is 7.93. The Hall–Kier alpha value is -3.13. The van der Waals surface area contributed by atoms with Crippen molar-refractivity contribution >= 4 is 17.6 Å². The number of amides is 1. The van der Waals surface area contributed by atoms with Crippen molar-refractivity contribution in [1.82, 2.24) is 0 Å². The zero-order valence-electron chi connectivity index (χ0n) is 13.6. The van der Waals surface area contributed by atoms with Crippen molar-refractivity contribution in [2.24, 2.45) is 0 Å². The number of hydrogen-bond donors (Lipinski definition) is 1. The molecule has 0 aliphatic rings. The quantitative estimate of drug-likeness (QED) is 0.850. The Bertz CT molecular complexity index is 774. The summed E-state index contributed by atoms with van der Waals surface area (Å²) >= 11 is 0. The third kappa shape index (κ3) is 4.68. The molecule has 0 radical (unpaired) electrons. The van der Waals surface area contributed by atoms with Crippen molar-refractivity contribution in [2.45, 2.75) is 26.4 Å². The van der Waals surface area contributed by atoms with Crippen LogP contribution in [0.4, 0.5) is 5.69 Å². The first-order valence-electron chi connectivity index (χ1n) is 7.58. The minimum Gasteiger partial charge on any atom is -0.459 e. The third-order valence-corrected chi connectivity index (χ3v) is 3.18. The lowest BCUT2D eigenvalue weighted by molar-refractivity contribution is -0.115. The highest BCUT2D eigenvalue weighted by Crippen LogP contribution is 2.23. The van der Waals surface area contributed by atoms with E-state index < -0.39 is 0 Å². The highest BCUT2D eigenvalue weighted by Gasteiger charge is 2.09. The minimum atomic E-state index is -0.353. The van der Waals surface area contributed by atoms with Gasteiger partial charge in [0.15, 0.2) is 0 Å². The first kappa shape index (κ1) is 17.2. The highest BCUT2D eigenvalue weighted by atomic mass is 16.5. The average Bonchev–Trinajstić information content (AvgIpc) is 2.55. The Balaban J connectivity index is 2.16. The lowest BCUT2D eigenvalue weighted by atomic mass is 10.0. The lowest BCUT2D eigenvalue weighted by Gasteiger charge is -2.09. The summed E-state index contributed by atoms with van der Waals surface area (Å²) in [5, 5.41) is 11.2. The Morgan fingerprint density at radius 3 is 2.46 bits per heavy atom. The van der Waals surface area contributed by atoms with Crippen LogP contribution in [0.5, 0.6) is 0 Å². The maximum atomic E-state index is 11.8. The van der Waals surface area contributed by atoms with Gasteiger partial charge in [-0.15, -0.1) is 0 Å². The molecule has 2 rings (SSSR count). The fraction of sp³-hybridized carbons (Fsp3) is 0.211. The highest BCUT2D eigenvalue weighted by molar-refractivity contribution is 5.93. The van der Waals surface area contributed by atoms with Gasteiger partial charge in [-0.25, -0.2) is 4.79 Å². The Morgan fingerprint density at radius 2 is 1.83 bits per heavy atom. The summed E-state index contributed by atoms with van der Waals surface area (Å²) in [5.74, 6) is -0.699. The van der Waals surface area contributed by atoms with E-state index in [9.17, 15) is 9.59 Å². The van der Waals surface area contributed by atoms with Gasteiger partial charge in [0, 0.05) is 5.69 Å². The first-order chi connectivity index (χ1) is 11.5. The molecule has 0 aromatic heterocycles. The van der Waals surface area contributed by atoms with Crippen LogP contribution in [0, 0.1) is 11.3 Å². The van der Waals surface area contributed by atoms with E-state index in [0.717, 1.165) is 11.1 Å². The molecule has 5 nitrogen and oxygen atoms in total. The van der Waals surface area contributed by atoms with Crippen molar-refractivity contribution in [3.63, 3.8) is 0 Å². The van der Waals surface area contributed by atoms with E-state index in [1.807, 2.05) is 36.4 Å². The summed E-state index contributed by atoms with van der Waals surface area (Å²) in [4.78, 5) is 23.3. The van der Waals surface area contributed by atoms with E-state index >= 15 is 0 Å². The fourth-order valence-electron chi connectivity index (χ4n) is 2.13. The maximum absolute atomic E-state index is 11.8. The standard InChI is InChI=1S/C19H18N2O3/c1-13(2)24-19(23)15-8-6-14(7-9-15)16-4-3-5-17(12-16)21-18(22)10-11-20/h3-9,12-13H,10H2,1-2H3,(H,21,22).